The third-order valence-electron chi connectivity index (χ3n) is 3.50. The monoisotopic (exact) mass is 268 g/mol. The molecule has 19 heavy (non-hydrogen) atoms. The van der Waals surface area contributed by atoms with Crippen LogP contribution in [0.4, 0.5) is 10.1 Å². The maximum atomic E-state index is 13.4. The lowest BCUT2D eigenvalue weighted by Gasteiger charge is -2.31. The predicted molar refractivity (Wildman–Crippen MR) is 68.5 cm³/mol. The zero-order valence-electron chi connectivity index (χ0n) is 10.8. The van der Waals surface area contributed by atoms with E-state index in [9.17, 15) is 14.5 Å². The van der Waals surface area contributed by atoms with Crippen molar-refractivity contribution in [1.29, 1.82) is 0 Å². The highest BCUT2D eigenvalue weighted by Crippen LogP contribution is 2.23. The van der Waals surface area contributed by atoms with E-state index in [4.69, 9.17) is 4.74 Å². The van der Waals surface area contributed by atoms with Crippen LogP contribution in [0.3, 0.4) is 0 Å². The predicted octanol–water partition coefficient (Wildman–Crippen LogP) is 1.90. The molecule has 5 nitrogen and oxygen atoms in total. The summed E-state index contributed by atoms with van der Waals surface area (Å²) >= 11 is 0. The molecule has 1 aliphatic rings. The number of rotatable bonds is 4. The number of nitro groups is 1. The molecule has 0 aliphatic carbocycles. The van der Waals surface area contributed by atoms with Crippen molar-refractivity contribution in [2.24, 2.45) is 5.92 Å². The van der Waals surface area contributed by atoms with E-state index >= 15 is 0 Å². The van der Waals surface area contributed by atoms with Gasteiger partial charge >= 0.3 is 0 Å². The number of halogens is 1. The van der Waals surface area contributed by atoms with Crippen molar-refractivity contribution in [3.8, 4) is 0 Å². The molecule has 1 saturated heterocycles. The second kappa shape index (κ2) is 6.08. The van der Waals surface area contributed by atoms with Gasteiger partial charge in [0.05, 0.1) is 17.6 Å². The summed E-state index contributed by atoms with van der Waals surface area (Å²) < 4.78 is 18.8. The lowest BCUT2D eigenvalue weighted by molar-refractivity contribution is -0.385. The van der Waals surface area contributed by atoms with E-state index < -0.39 is 10.7 Å². The van der Waals surface area contributed by atoms with E-state index in [0.29, 0.717) is 31.2 Å². The molecule has 1 heterocycles. The summed E-state index contributed by atoms with van der Waals surface area (Å²) in [5.41, 5.74) is 0.440. The van der Waals surface area contributed by atoms with Crippen molar-refractivity contribution in [2.45, 2.75) is 18.9 Å². The SMILES string of the molecule is CNC1CCOCC1Cc1cc(F)cc([N+](=O)[O-])c1. The van der Waals surface area contributed by atoms with Gasteiger partial charge in [0.2, 0.25) is 0 Å². The first-order valence-electron chi connectivity index (χ1n) is 6.29. The Morgan fingerprint density at radius 3 is 3.00 bits per heavy atom. The van der Waals surface area contributed by atoms with Crippen LogP contribution in [0.2, 0.25) is 0 Å². The van der Waals surface area contributed by atoms with Crippen LogP contribution in [-0.2, 0) is 11.2 Å². The molecule has 1 fully saturated rings. The largest absolute Gasteiger partial charge is 0.381 e. The van der Waals surface area contributed by atoms with Gasteiger partial charge in [-0.15, -0.1) is 0 Å². The Labute approximate surface area is 110 Å². The Balaban J connectivity index is 2.15. The molecule has 1 aliphatic heterocycles. The summed E-state index contributed by atoms with van der Waals surface area (Å²) in [5, 5.41) is 13.9. The first-order chi connectivity index (χ1) is 9.10. The standard InChI is InChI=1S/C13H17FN2O3/c1-15-13-2-3-19-8-10(13)4-9-5-11(14)7-12(6-9)16(17)18/h5-7,10,13,15H,2-4,8H2,1H3. The number of nitrogens with one attached hydrogen (secondary N) is 1. The number of hydrogen-bond acceptors (Lipinski definition) is 4. The molecule has 1 aromatic carbocycles. The molecule has 0 saturated carbocycles. The minimum atomic E-state index is -0.570. The zero-order valence-corrected chi connectivity index (χ0v) is 10.8. The fourth-order valence-electron chi connectivity index (χ4n) is 2.54. The van der Waals surface area contributed by atoms with E-state index in [2.05, 4.69) is 5.32 Å². The summed E-state index contributed by atoms with van der Waals surface area (Å²) in [6, 6.07) is 4.03. The second-order valence-electron chi connectivity index (χ2n) is 4.80. The molecule has 0 bridgehead atoms. The molecule has 0 amide bonds. The van der Waals surface area contributed by atoms with Crippen molar-refractivity contribution in [2.75, 3.05) is 20.3 Å². The van der Waals surface area contributed by atoms with Crippen molar-refractivity contribution in [3.63, 3.8) is 0 Å². The minimum absolute atomic E-state index is 0.201. The highest BCUT2D eigenvalue weighted by Gasteiger charge is 2.25. The van der Waals surface area contributed by atoms with Crippen LogP contribution >= 0.6 is 0 Å². The first kappa shape index (κ1) is 13.9. The van der Waals surface area contributed by atoms with Gasteiger partial charge in [-0.2, -0.15) is 0 Å². The molecule has 6 heteroatoms. The third-order valence-corrected chi connectivity index (χ3v) is 3.50. The normalized spacial score (nSPS) is 23.3. The average Bonchev–Trinajstić information content (AvgIpc) is 2.38. The van der Waals surface area contributed by atoms with Crippen LogP contribution < -0.4 is 5.32 Å². The van der Waals surface area contributed by atoms with Crippen molar-refractivity contribution in [3.05, 3.63) is 39.7 Å². The Morgan fingerprint density at radius 2 is 2.32 bits per heavy atom. The summed E-state index contributed by atoms with van der Waals surface area (Å²) in [4.78, 5) is 10.2. The lowest BCUT2D eigenvalue weighted by Crippen LogP contribution is -2.41. The van der Waals surface area contributed by atoms with Gasteiger partial charge in [0.25, 0.3) is 5.69 Å². The van der Waals surface area contributed by atoms with Crippen LogP contribution in [0, 0.1) is 21.8 Å². The Kier molecular flexibility index (Phi) is 4.44. The molecule has 2 atom stereocenters. The highest BCUT2D eigenvalue weighted by molar-refractivity contribution is 5.35. The molecule has 1 aromatic rings. The average molecular weight is 268 g/mol. The number of hydrogen-bond donors (Lipinski definition) is 1. The van der Waals surface area contributed by atoms with E-state index in [0.717, 1.165) is 12.5 Å². The molecule has 0 spiro atoms. The van der Waals surface area contributed by atoms with E-state index in [1.54, 1.807) is 0 Å². The van der Waals surface area contributed by atoms with Gasteiger partial charge in [-0.3, -0.25) is 10.1 Å². The van der Waals surface area contributed by atoms with Crippen LogP contribution in [0.25, 0.3) is 0 Å². The highest BCUT2D eigenvalue weighted by atomic mass is 19.1. The van der Waals surface area contributed by atoms with E-state index in [1.807, 2.05) is 7.05 Å². The maximum Gasteiger partial charge on any atom is 0.272 e. The van der Waals surface area contributed by atoms with Gasteiger partial charge in [0, 0.05) is 24.6 Å². The number of nitro benzene ring substituents is 1. The molecule has 2 rings (SSSR count). The van der Waals surface area contributed by atoms with Gasteiger partial charge in [-0.05, 0) is 31.5 Å². The number of benzene rings is 1. The van der Waals surface area contributed by atoms with E-state index in [-0.39, 0.29) is 11.6 Å². The smallest absolute Gasteiger partial charge is 0.272 e. The molecule has 0 aromatic heterocycles. The maximum absolute atomic E-state index is 13.4. The van der Waals surface area contributed by atoms with Crippen LogP contribution in [0.1, 0.15) is 12.0 Å². The van der Waals surface area contributed by atoms with Crippen molar-refractivity contribution < 1.29 is 14.1 Å². The van der Waals surface area contributed by atoms with Gasteiger partial charge in [0.1, 0.15) is 5.82 Å². The van der Waals surface area contributed by atoms with Crippen molar-refractivity contribution >= 4 is 5.69 Å². The number of ether oxygens (including phenoxy) is 1. The Morgan fingerprint density at radius 1 is 1.53 bits per heavy atom. The van der Waals surface area contributed by atoms with Gasteiger partial charge in [0.15, 0.2) is 0 Å². The van der Waals surface area contributed by atoms with Gasteiger partial charge < -0.3 is 10.1 Å². The van der Waals surface area contributed by atoms with Gasteiger partial charge in [-0.1, -0.05) is 0 Å². The molecular weight excluding hydrogens is 251 g/mol. The molecule has 104 valence electrons. The molecule has 2 unspecified atom stereocenters. The van der Waals surface area contributed by atoms with E-state index in [1.165, 1.54) is 12.1 Å². The number of nitrogens with zero attached hydrogens (tertiary/aromatic N) is 1. The summed E-state index contributed by atoms with van der Waals surface area (Å²) in [7, 11) is 1.89. The fourth-order valence-corrected chi connectivity index (χ4v) is 2.54. The Hall–Kier alpha value is -1.53. The summed E-state index contributed by atoms with van der Waals surface area (Å²) in [6.07, 6.45) is 1.47. The number of non-ortho nitro benzene ring substituents is 1. The summed E-state index contributed by atoms with van der Waals surface area (Å²) in [5.74, 6) is -0.359. The second-order valence-corrected chi connectivity index (χ2v) is 4.80. The van der Waals surface area contributed by atoms with Crippen LogP contribution in [0.5, 0.6) is 0 Å². The lowest BCUT2D eigenvalue weighted by atomic mass is 9.89. The van der Waals surface area contributed by atoms with Crippen molar-refractivity contribution in [1.82, 2.24) is 5.32 Å². The van der Waals surface area contributed by atoms with Crippen LogP contribution in [0.15, 0.2) is 18.2 Å². The molecule has 1 N–H and O–H groups in total. The van der Waals surface area contributed by atoms with Crippen LogP contribution in [-0.4, -0.2) is 31.2 Å². The molecule has 0 radical (unpaired) electrons. The fraction of sp³-hybridized carbons (Fsp3) is 0.538. The zero-order chi connectivity index (χ0) is 13.8. The quantitative estimate of drug-likeness (QED) is 0.669. The van der Waals surface area contributed by atoms with Gasteiger partial charge in [-0.25, -0.2) is 4.39 Å². The Bertz CT molecular complexity index is 467. The first-order valence-corrected chi connectivity index (χ1v) is 6.29. The topological polar surface area (TPSA) is 64.4 Å². The minimum Gasteiger partial charge on any atom is -0.381 e. The third kappa shape index (κ3) is 3.48. The molecular formula is C13H17FN2O3. The summed E-state index contributed by atoms with van der Waals surface area (Å²) in [6.45, 7) is 1.31.